The quantitative estimate of drug-likeness (QED) is 0.366. The van der Waals surface area contributed by atoms with E-state index in [1.807, 2.05) is 44.2 Å². The zero-order valence-electron chi connectivity index (χ0n) is 17.6. The molecule has 0 unspecified atom stereocenters. The Morgan fingerprint density at radius 1 is 1.09 bits per heavy atom. The summed E-state index contributed by atoms with van der Waals surface area (Å²) >= 11 is 11.5. The second kappa shape index (κ2) is 9.46. The molecule has 0 bridgehead atoms. The van der Waals surface area contributed by atoms with Crippen LogP contribution in [0.15, 0.2) is 64.7 Å². The molecule has 2 aromatic carbocycles. The maximum absolute atomic E-state index is 13.0. The summed E-state index contributed by atoms with van der Waals surface area (Å²) in [6.45, 7) is 4.49. The van der Waals surface area contributed by atoms with E-state index in [-0.39, 0.29) is 17.6 Å². The summed E-state index contributed by atoms with van der Waals surface area (Å²) in [5.74, 6) is 2.11. The molecule has 164 valence electrons. The molecular weight excluding hydrogens is 448 g/mol. The van der Waals surface area contributed by atoms with Crippen LogP contribution in [-0.4, -0.2) is 17.6 Å². The van der Waals surface area contributed by atoms with Gasteiger partial charge in [-0.25, -0.2) is 4.90 Å². The van der Waals surface area contributed by atoms with Gasteiger partial charge in [0.1, 0.15) is 35.3 Å². The molecule has 1 N–H and O–H groups in total. The van der Waals surface area contributed by atoms with Crippen LogP contribution in [0.2, 0.25) is 5.02 Å². The number of thiocarbonyl (C=S) groups is 1. The fourth-order valence-corrected chi connectivity index (χ4v) is 3.72. The number of furan rings is 1. The lowest BCUT2D eigenvalue weighted by atomic mass is 10.2. The van der Waals surface area contributed by atoms with E-state index in [0.717, 1.165) is 5.56 Å². The minimum atomic E-state index is -0.286. The van der Waals surface area contributed by atoms with Crippen molar-refractivity contribution in [3.05, 3.63) is 82.4 Å². The van der Waals surface area contributed by atoms with Crippen LogP contribution in [0.1, 0.15) is 24.0 Å². The first-order chi connectivity index (χ1) is 15.5. The van der Waals surface area contributed by atoms with Gasteiger partial charge in [0, 0.05) is 16.7 Å². The third kappa shape index (κ3) is 4.49. The molecule has 1 aliphatic heterocycles. The van der Waals surface area contributed by atoms with Crippen molar-refractivity contribution in [3.63, 3.8) is 0 Å². The third-order valence-corrected chi connectivity index (χ3v) is 5.54. The fraction of sp³-hybridized carbons (Fsp3) is 0.167. The number of carbonyl (C=O) groups excluding carboxylic acids is 1. The highest BCUT2D eigenvalue weighted by Crippen LogP contribution is 2.32. The number of halogens is 1. The molecule has 1 amide bonds. The first kappa shape index (κ1) is 21.9. The first-order valence-corrected chi connectivity index (χ1v) is 10.8. The predicted octanol–water partition coefficient (Wildman–Crippen LogP) is 5.48. The second-order valence-electron chi connectivity index (χ2n) is 6.99. The molecule has 4 rings (SSSR count). The van der Waals surface area contributed by atoms with Crippen molar-refractivity contribution in [2.75, 3.05) is 11.5 Å². The summed E-state index contributed by atoms with van der Waals surface area (Å²) in [6.07, 6.45) is 1.62. The minimum absolute atomic E-state index is 0.234. The number of para-hydroxylation sites is 2. The monoisotopic (exact) mass is 468 g/mol. The van der Waals surface area contributed by atoms with Crippen molar-refractivity contribution in [2.45, 2.75) is 20.5 Å². The zero-order valence-corrected chi connectivity index (χ0v) is 19.1. The maximum atomic E-state index is 13.0. The Kier molecular flexibility index (Phi) is 6.48. The maximum Gasteiger partial charge on any atom is 0.281 e. The number of rotatable bonds is 7. The highest BCUT2D eigenvalue weighted by molar-refractivity contribution is 7.80. The predicted molar refractivity (Wildman–Crippen MR) is 128 cm³/mol. The lowest BCUT2D eigenvalue weighted by molar-refractivity contribution is -0.113. The summed E-state index contributed by atoms with van der Waals surface area (Å²) in [5.41, 5.74) is 1.77. The molecule has 0 saturated carbocycles. The number of nitrogens with one attached hydrogen (secondary N) is 1. The van der Waals surface area contributed by atoms with Gasteiger partial charge in [-0.15, -0.1) is 0 Å². The standard InChI is InChI=1S/C24H21ClN2O4S/c1-3-29-22-9-5-4-8-20(22)27-23(28)19(26-24(27)32)13-16-11-12-17(31-16)14-30-21-10-6-7-18(25)15(21)2/h4-13H,3,14H2,1-2H3,(H,26,32)/b19-13+. The molecule has 8 heteroatoms. The molecule has 6 nitrogen and oxygen atoms in total. The second-order valence-corrected chi connectivity index (χ2v) is 7.78. The van der Waals surface area contributed by atoms with Gasteiger partial charge < -0.3 is 19.2 Å². The van der Waals surface area contributed by atoms with Crippen LogP contribution >= 0.6 is 23.8 Å². The number of benzene rings is 2. The van der Waals surface area contributed by atoms with Crippen molar-refractivity contribution >= 4 is 46.6 Å². The van der Waals surface area contributed by atoms with Crippen LogP contribution in [0.3, 0.4) is 0 Å². The van der Waals surface area contributed by atoms with Crippen LogP contribution in [0, 0.1) is 6.92 Å². The van der Waals surface area contributed by atoms with Gasteiger partial charge in [-0.2, -0.15) is 0 Å². The Morgan fingerprint density at radius 3 is 2.69 bits per heavy atom. The van der Waals surface area contributed by atoms with Gasteiger partial charge in [-0.1, -0.05) is 29.8 Å². The van der Waals surface area contributed by atoms with Crippen LogP contribution in [-0.2, 0) is 11.4 Å². The Bertz CT molecular complexity index is 1200. The molecule has 32 heavy (non-hydrogen) atoms. The molecule has 0 aliphatic carbocycles. The van der Waals surface area contributed by atoms with Gasteiger partial charge in [0.05, 0.1) is 12.3 Å². The van der Waals surface area contributed by atoms with E-state index in [1.54, 1.807) is 30.3 Å². The summed E-state index contributed by atoms with van der Waals surface area (Å²) < 4.78 is 17.3. The number of anilines is 1. The molecular formula is C24H21ClN2O4S. The number of ether oxygens (including phenoxy) is 2. The number of hydrogen-bond donors (Lipinski definition) is 1. The largest absolute Gasteiger partial charge is 0.492 e. The highest BCUT2D eigenvalue weighted by Gasteiger charge is 2.34. The molecule has 0 spiro atoms. The number of amides is 1. The summed E-state index contributed by atoms with van der Waals surface area (Å²) in [4.78, 5) is 14.5. The lowest BCUT2D eigenvalue weighted by Gasteiger charge is -2.17. The summed E-state index contributed by atoms with van der Waals surface area (Å²) in [6, 6.07) is 16.3. The average Bonchev–Trinajstić information content (AvgIpc) is 3.34. The SMILES string of the molecule is CCOc1ccccc1N1C(=O)/C(=C\c2ccc(COc3cccc(Cl)c3C)o2)NC1=S. The van der Waals surface area contributed by atoms with Gasteiger partial charge in [-0.05, 0) is 62.5 Å². The van der Waals surface area contributed by atoms with E-state index in [0.29, 0.717) is 46.0 Å². The van der Waals surface area contributed by atoms with Crippen LogP contribution in [0.25, 0.3) is 6.08 Å². The van der Waals surface area contributed by atoms with Gasteiger partial charge in [0.15, 0.2) is 5.11 Å². The van der Waals surface area contributed by atoms with Crippen LogP contribution in [0.5, 0.6) is 11.5 Å². The Balaban J connectivity index is 1.49. The van der Waals surface area contributed by atoms with E-state index in [2.05, 4.69) is 5.32 Å². The van der Waals surface area contributed by atoms with Crippen molar-refractivity contribution in [1.82, 2.24) is 5.32 Å². The average molecular weight is 469 g/mol. The van der Waals surface area contributed by atoms with Gasteiger partial charge in [-0.3, -0.25) is 4.79 Å². The van der Waals surface area contributed by atoms with E-state index in [9.17, 15) is 4.79 Å². The van der Waals surface area contributed by atoms with Gasteiger partial charge in [0.2, 0.25) is 0 Å². The molecule has 0 atom stereocenters. The van der Waals surface area contributed by atoms with E-state index >= 15 is 0 Å². The van der Waals surface area contributed by atoms with Crippen LogP contribution in [0.4, 0.5) is 5.69 Å². The highest BCUT2D eigenvalue weighted by atomic mass is 35.5. The Morgan fingerprint density at radius 2 is 1.88 bits per heavy atom. The summed E-state index contributed by atoms with van der Waals surface area (Å²) in [7, 11) is 0. The number of carbonyl (C=O) groups is 1. The first-order valence-electron chi connectivity index (χ1n) is 10.0. The molecule has 2 heterocycles. The molecule has 1 aliphatic rings. The minimum Gasteiger partial charge on any atom is -0.492 e. The van der Waals surface area contributed by atoms with E-state index in [1.165, 1.54) is 4.90 Å². The molecule has 1 fully saturated rings. The Hall–Kier alpha value is -3.29. The smallest absolute Gasteiger partial charge is 0.281 e. The molecule has 3 aromatic rings. The van der Waals surface area contributed by atoms with Crippen molar-refractivity contribution in [2.24, 2.45) is 0 Å². The molecule has 1 aromatic heterocycles. The molecule has 0 radical (unpaired) electrons. The number of nitrogens with zero attached hydrogens (tertiary/aromatic N) is 1. The molecule has 1 saturated heterocycles. The summed E-state index contributed by atoms with van der Waals surface area (Å²) in [5, 5.41) is 3.88. The van der Waals surface area contributed by atoms with Crippen molar-refractivity contribution < 1.29 is 18.7 Å². The van der Waals surface area contributed by atoms with Crippen molar-refractivity contribution in [1.29, 1.82) is 0 Å². The van der Waals surface area contributed by atoms with Crippen molar-refractivity contribution in [3.8, 4) is 11.5 Å². The van der Waals surface area contributed by atoms with Gasteiger partial charge >= 0.3 is 0 Å². The number of hydrogen-bond acceptors (Lipinski definition) is 5. The topological polar surface area (TPSA) is 63.9 Å². The lowest BCUT2D eigenvalue weighted by Crippen LogP contribution is -2.30. The Labute approximate surface area is 196 Å². The van der Waals surface area contributed by atoms with E-state index < -0.39 is 0 Å². The fourth-order valence-electron chi connectivity index (χ4n) is 3.26. The third-order valence-electron chi connectivity index (χ3n) is 4.84. The zero-order chi connectivity index (χ0) is 22.7. The van der Waals surface area contributed by atoms with Gasteiger partial charge in [0.25, 0.3) is 5.91 Å². The van der Waals surface area contributed by atoms with Crippen LogP contribution < -0.4 is 19.7 Å². The normalized spacial score (nSPS) is 14.7. The van der Waals surface area contributed by atoms with E-state index in [4.69, 9.17) is 37.7 Å².